The third kappa shape index (κ3) is 3.07. The molecule has 0 saturated carbocycles. The number of aromatic nitrogens is 2. The topological polar surface area (TPSA) is 69.2 Å². The van der Waals surface area contributed by atoms with Gasteiger partial charge in [-0.15, -0.1) is 11.8 Å². The highest BCUT2D eigenvalue weighted by molar-refractivity contribution is 7.98. The van der Waals surface area contributed by atoms with Crippen LogP contribution in [0.4, 0.5) is 0 Å². The molecule has 0 unspecified atom stereocenters. The van der Waals surface area contributed by atoms with Crippen LogP contribution in [-0.4, -0.2) is 38.9 Å². The molecule has 1 amide bonds. The Morgan fingerprint density at radius 2 is 1.93 bits per heavy atom. The van der Waals surface area contributed by atoms with Crippen molar-refractivity contribution in [3.8, 4) is 17.0 Å². The summed E-state index contributed by atoms with van der Waals surface area (Å²) in [6.45, 7) is 2.81. The standard InChI is InChI=1S/C22H23N3O2S/c1-3-4-13-25-21(14-9-11-15(28-2)12-10-14)18-19(23-24-20(18)22(25)27)16-7-5-6-8-17(16)26/h5-12,21,26H,3-4,13H2,1-2H3,(H,23,24)/t21-/m1/s1. The number of fused-ring (bicyclic) bond motifs is 1. The predicted octanol–water partition coefficient (Wildman–Crippen LogP) is 4.85. The number of aromatic amines is 1. The number of H-pyrrole nitrogens is 1. The molecule has 0 aliphatic carbocycles. The molecule has 0 fully saturated rings. The summed E-state index contributed by atoms with van der Waals surface area (Å²) >= 11 is 1.69. The van der Waals surface area contributed by atoms with E-state index >= 15 is 0 Å². The molecule has 4 rings (SSSR count). The van der Waals surface area contributed by atoms with Gasteiger partial charge in [0.15, 0.2) is 0 Å². The number of carbonyl (C=O) groups excluding carboxylic acids is 1. The number of phenolic OH excluding ortho intramolecular Hbond substituents is 1. The van der Waals surface area contributed by atoms with Crippen LogP contribution < -0.4 is 0 Å². The van der Waals surface area contributed by atoms with Crippen molar-refractivity contribution in [1.82, 2.24) is 15.1 Å². The molecular formula is C22H23N3O2S. The minimum absolute atomic E-state index is 0.0310. The van der Waals surface area contributed by atoms with Gasteiger partial charge in [0.1, 0.15) is 17.1 Å². The fourth-order valence-corrected chi connectivity index (χ4v) is 4.18. The highest BCUT2D eigenvalue weighted by atomic mass is 32.2. The first-order valence-electron chi connectivity index (χ1n) is 9.47. The van der Waals surface area contributed by atoms with Crippen molar-refractivity contribution in [2.75, 3.05) is 12.8 Å². The van der Waals surface area contributed by atoms with Gasteiger partial charge < -0.3 is 10.0 Å². The molecule has 1 aliphatic heterocycles. The largest absolute Gasteiger partial charge is 0.507 e. The van der Waals surface area contributed by atoms with Gasteiger partial charge in [0.2, 0.25) is 0 Å². The lowest BCUT2D eigenvalue weighted by atomic mass is 9.95. The number of nitrogens with zero attached hydrogens (tertiary/aromatic N) is 2. The van der Waals surface area contributed by atoms with Crippen LogP contribution in [0.3, 0.4) is 0 Å². The van der Waals surface area contributed by atoms with Crippen LogP contribution in [0.1, 0.15) is 47.4 Å². The Morgan fingerprint density at radius 1 is 1.18 bits per heavy atom. The van der Waals surface area contributed by atoms with Crippen LogP contribution in [0.5, 0.6) is 5.75 Å². The number of carbonyl (C=O) groups is 1. The molecule has 1 atom stereocenters. The van der Waals surface area contributed by atoms with E-state index in [2.05, 4.69) is 41.4 Å². The number of aromatic hydroxyl groups is 1. The van der Waals surface area contributed by atoms with Gasteiger partial charge >= 0.3 is 0 Å². The van der Waals surface area contributed by atoms with Crippen LogP contribution in [0, 0.1) is 0 Å². The number of hydrogen-bond acceptors (Lipinski definition) is 4. The van der Waals surface area contributed by atoms with Gasteiger partial charge in [-0.25, -0.2) is 0 Å². The Balaban J connectivity index is 1.86. The first kappa shape index (κ1) is 18.6. The summed E-state index contributed by atoms with van der Waals surface area (Å²) in [6.07, 6.45) is 4.00. The quantitative estimate of drug-likeness (QED) is 0.588. The maximum absolute atomic E-state index is 13.1. The molecule has 1 aromatic heterocycles. The van der Waals surface area contributed by atoms with E-state index in [0.29, 0.717) is 23.5 Å². The maximum atomic E-state index is 13.1. The molecule has 0 spiro atoms. The number of rotatable bonds is 6. The van der Waals surface area contributed by atoms with Crippen molar-refractivity contribution < 1.29 is 9.90 Å². The van der Waals surface area contributed by atoms with Gasteiger partial charge in [-0.05, 0) is 42.5 Å². The Hall–Kier alpha value is -2.73. The van der Waals surface area contributed by atoms with E-state index in [0.717, 1.165) is 24.0 Å². The third-order valence-corrected chi connectivity index (χ3v) is 5.95. The minimum atomic E-state index is -0.210. The number of thioether (sulfide) groups is 1. The second-order valence-corrected chi connectivity index (χ2v) is 7.79. The second-order valence-electron chi connectivity index (χ2n) is 6.91. The highest BCUT2D eigenvalue weighted by Gasteiger charge is 2.42. The summed E-state index contributed by atoms with van der Waals surface area (Å²) in [5, 5.41) is 17.7. The van der Waals surface area contributed by atoms with Gasteiger partial charge in [-0.3, -0.25) is 9.89 Å². The van der Waals surface area contributed by atoms with Gasteiger partial charge in [-0.2, -0.15) is 5.10 Å². The molecule has 0 saturated heterocycles. The molecule has 1 aliphatic rings. The van der Waals surface area contributed by atoms with E-state index in [4.69, 9.17) is 0 Å². The van der Waals surface area contributed by atoms with E-state index in [-0.39, 0.29) is 17.7 Å². The number of nitrogens with one attached hydrogen (secondary N) is 1. The summed E-state index contributed by atoms with van der Waals surface area (Å²) in [5.41, 5.74) is 3.70. The number of hydrogen-bond donors (Lipinski definition) is 2. The Morgan fingerprint density at radius 3 is 2.61 bits per heavy atom. The van der Waals surface area contributed by atoms with Crippen LogP contribution in [0.25, 0.3) is 11.3 Å². The third-order valence-electron chi connectivity index (χ3n) is 5.21. The summed E-state index contributed by atoms with van der Waals surface area (Å²) in [6, 6.07) is 15.2. The smallest absolute Gasteiger partial charge is 0.273 e. The molecule has 2 N–H and O–H groups in total. The summed E-state index contributed by atoms with van der Waals surface area (Å²) < 4.78 is 0. The Kier molecular flexibility index (Phi) is 5.13. The number of benzene rings is 2. The fourth-order valence-electron chi connectivity index (χ4n) is 3.77. The first-order chi connectivity index (χ1) is 13.7. The van der Waals surface area contributed by atoms with Crippen LogP contribution in [0.2, 0.25) is 0 Å². The molecule has 144 valence electrons. The van der Waals surface area contributed by atoms with Crippen molar-refractivity contribution in [3.05, 3.63) is 65.4 Å². The number of para-hydroxylation sites is 1. The average Bonchev–Trinajstić information content (AvgIpc) is 3.26. The van der Waals surface area contributed by atoms with E-state index in [1.807, 2.05) is 23.3 Å². The molecule has 6 heteroatoms. The van der Waals surface area contributed by atoms with Crippen LogP contribution >= 0.6 is 11.8 Å². The summed E-state index contributed by atoms with van der Waals surface area (Å²) in [5.74, 6) is 0.129. The van der Waals surface area contributed by atoms with E-state index in [1.54, 1.807) is 23.9 Å². The molecular weight excluding hydrogens is 370 g/mol. The maximum Gasteiger partial charge on any atom is 0.273 e. The highest BCUT2D eigenvalue weighted by Crippen LogP contribution is 2.44. The number of phenols is 1. The fraction of sp³-hybridized carbons (Fsp3) is 0.273. The molecule has 28 heavy (non-hydrogen) atoms. The Labute approximate surface area is 168 Å². The average molecular weight is 394 g/mol. The summed E-state index contributed by atoms with van der Waals surface area (Å²) in [4.78, 5) is 16.2. The minimum Gasteiger partial charge on any atom is -0.507 e. The molecule has 2 aromatic carbocycles. The lowest BCUT2D eigenvalue weighted by Gasteiger charge is -2.26. The molecule has 0 bridgehead atoms. The second kappa shape index (κ2) is 7.72. The van der Waals surface area contributed by atoms with Crippen molar-refractivity contribution in [3.63, 3.8) is 0 Å². The molecule has 2 heterocycles. The van der Waals surface area contributed by atoms with Gasteiger partial charge in [0, 0.05) is 22.6 Å². The normalized spacial score (nSPS) is 15.9. The predicted molar refractivity (Wildman–Crippen MR) is 112 cm³/mol. The van der Waals surface area contributed by atoms with Crippen molar-refractivity contribution in [1.29, 1.82) is 0 Å². The van der Waals surface area contributed by atoms with Crippen molar-refractivity contribution in [2.45, 2.75) is 30.7 Å². The van der Waals surface area contributed by atoms with E-state index < -0.39 is 0 Å². The first-order valence-corrected chi connectivity index (χ1v) is 10.7. The molecule has 5 nitrogen and oxygen atoms in total. The zero-order chi connectivity index (χ0) is 19.7. The van der Waals surface area contributed by atoms with Crippen molar-refractivity contribution >= 4 is 17.7 Å². The van der Waals surface area contributed by atoms with E-state index in [1.165, 1.54) is 4.90 Å². The molecule has 3 aromatic rings. The summed E-state index contributed by atoms with van der Waals surface area (Å²) in [7, 11) is 0. The zero-order valence-electron chi connectivity index (χ0n) is 16.0. The Bertz CT molecular complexity index is 997. The van der Waals surface area contributed by atoms with E-state index in [9.17, 15) is 9.90 Å². The molecule has 0 radical (unpaired) electrons. The van der Waals surface area contributed by atoms with Crippen LogP contribution in [0.15, 0.2) is 53.4 Å². The lowest BCUT2D eigenvalue weighted by molar-refractivity contribution is 0.0741. The SMILES string of the molecule is CCCCN1C(=O)c2[nH]nc(-c3ccccc3O)c2[C@H]1c1ccc(SC)cc1. The van der Waals surface area contributed by atoms with Gasteiger partial charge in [-0.1, -0.05) is 37.6 Å². The van der Waals surface area contributed by atoms with Crippen LogP contribution in [-0.2, 0) is 0 Å². The van der Waals surface area contributed by atoms with Gasteiger partial charge in [0.25, 0.3) is 5.91 Å². The number of amides is 1. The van der Waals surface area contributed by atoms with Gasteiger partial charge in [0.05, 0.1) is 6.04 Å². The lowest BCUT2D eigenvalue weighted by Crippen LogP contribution is -2.30. The zero-order valence-corrected chi connectivity index (χ0v) is 16.8. The monoisotopic (exact) mass is 393 g/mol. The van der Waals surface area contributed by atoms with Crippen molar-refractivity contribution in [2.24, 2.45) is 0 Å². The number of unbranched alkanes of at least 4 members (excludes halogenated alkanes) is 1.